The maximum atomic E-state index is 13.9. The van der Waals surface area contributed by atoms with Gasteiger partial charge in [0.05, 0.1) is 17.8 Å². The van der Waals surface area contributed by atoms with Crippen molar-refractivity contribution in [2.24, 2.45) is 23.7 Å². The fourth-order valence-electron chi connectivity index (χ4n) is 8.23. The van der Waals surface area contributed by atoms with E-state index in [4.69, 9.17) is 5.73 Å². The minimum atomic E-state index is 0.117. The molecule has 1 saturated heterocycles. The number of hydrogen-bond acceptors (Lipinski definition) is 5. The SMILES string of the molecule is Nc1ncc(-c2cnn(C3CCNCC3)c2)c2c1C(=O)N(C1C3CC4CC(C3)CC1C4)CC2. The van der Waals surface area contributed by atoms with Gasteiger partial charge in [-0.1, -0.05) is 0 Å². The molecule has 2 aliphatic heterocycles. The molecule has 4 heterocycles. The van der Waals surface area contributed by atoms with E-state index in [2.05, 4.69) is 31.2 Å². The molecular weight excluding hydrogens is 412 g/mol. The van der Waals surface area contributed by atoms with Crippen LogP contribution < -0.4 is 11.1 Å². The van der Waals surface area contributed by atoms with Crippen LogP contribution in [-0.4, -0.2) is 51.2 Å². The van der Waals surface area contributed by atoms with E-state index in [-0.39, 0.29) is 5.91 Å². The number of piperidine rings is 1. The molecule has 8 rings (SSSR count). The van der Waals surface area contributed by atoms with E-state index in [1.54, 1.807) is 0 Å². The standard InChI is InChI=1S/C26H34N6O/c27-25-23-21(22(13-29-25)19-12-30-32(14-19)20-1-4-28-5-2-20)3-6-31(26(23)33)24-17-8-15-7-16(10-17)11-18(24)9-15/h12-18,20,24,28H,1-11H2,(H2,27,29). The number of nitrogens with zero attached hydrogens (tertiary/aromatic N) is 4. The van der Waals surface area contributed by atoms with E-state index >= 15 is 0 Å². The Balaban J connectivity index is 1.20. The summed E-state index contributed by atoms with van der Waals surface area (Å²) in [7, 11) is 0. The van der Waals surface area contributed by atoms with Crippen LogP contribution in [0.25, 0.3) is 11.1 Å². The smallest absolute Gasteiger partial charge is 0.258 e. The minimum Gasteiger partial charge on any atom is -0.383 e. The van der Waals surface area contributed by atoms with Crippen LogP contribution in [0.1, 0.15) is 66.9 Å². The number of nitrogens with one attached hydrogen (secondary N) is 1. The highest BCUT2D eigenvalue weighted by Gasteiger charge is 2.51. The molecule has 2 aromatic heterocycles. The summed E-state index contributed by atoms with van der Waals surface area (Å²) in [5.74, 6) is 3.69. The Morgan fingerprint density at radius 1 is 1.00 bits per heavy atom. The Kier molecular flexibility index (Phi) is 4.58. The summed E-state index contributed by atoms with van der Waals surface area (Å²) in [5.41, 5.74) is 10.1. The van der Waals surface area contributed by atoms with Gasteiger partial charge in [-0.25, -0.2) is 4.98 Å². The monoisotopic (exact) mass is 446 g/mol. The quantitative estimate of drug-likeness (QED) is 0.755. The predicted molar refractivity (Wildman–Crippen MR) is 127 cm³/mol. The van der Waals surface area contributed by atoms with E-state index < -0.39 is 0 Å². The molecule has 0 spiro atoms. The molecular formula is C26H34N6O. The van der Waals surface area contributed by atoms with Gasteiger partial charge in [0.2, 0.25) is 0 Å². The van der Waals surface area contributed by atoms with Crippen molar-refractivity contribution in [2.45, 2.75) is 63.5 Å². The zero-order valence-electron chi connectivity index (χ0n) is 19.2. The lowest BCUT2D eigenvalue weighted by atomic mass is 9.53. The van der Waals surface area contributed by atoms with Gasteiger partial charge in [-0.15, -0.1) is 0 Å². The van der Waals surface area contributed by atoms with E-state index in [1.165, 1.54) is 32.1 Å². The fraction of sp³-hybridized carbons (Fsp3) is 0.654. The van der Waals surface area contributed by atoms with Crippen molar-refractivity contribution >= 4 is 11.7 Å². The number of carbonyl (C=O) groups is 1. The van der Waals surface area contributed by atoms with Gasteiger partial charge in [0, 0.05) is 36.1 Å². The first-order valence-corrected chi connectivity index (χ1v) is 13.0. The topological polar surface area (TPSA) is 89.1 Å². The number of anilines is 1. The Bertz CT molecular complexity index is 1060. The maximum absolute atomic E-state index is 13.9. The Morgan fingerprint density at radius 2 is 1.73 bits per heavy atom. The molecule has 0 atom stereocenters. The third kappa shape index (κ3) is 3.15. The second-order valence-corrected chi connectivity index (χ2v) is 11.3. The average Bonchev–Trinajstić information content (AvgIpc) is 3.30. The molecule has 5 fully saturated rings. The summed E-state index contributed by atoms with van der Waals surface area (Å²) in [6, 6.07) is 0.843. The Labute approximate surface area is 195 Å². The van der Waals surface area contributed by atoms with Gasteiger partial charge in [0.25, 0.3) is 5.91 Å². The highest BCUT2D eigenvalue weighted by atomic mass is 16.2. The van der Waals surface area contributed by atoms with Gasteiger partial charge in [-0.05, 0) is 93.7 Å². The second-order valence-electron chi connectivity index (χ2n) is 11.3. The molecule has 0 radical (unpaired) electrons. The van der Waals surface area contributed by atoms with E-state index in [0.29, 0.717) is 35.3 Å². The highest BCUT2D eigenvalue weighted by molar-refractivity contribution is 6.02. The Hall–Kier alpha value is -2.41. The van der Waals surface area contributed by atoms with Crippen LogP contribution in [0.2, 0.25) is 0 Å². The second kappa shape index (κ2) is 7.55. The van der Waals surface area contributed by atoms with Crippen LogP contribution >= 0.6 is 0 Å². The zero-order valence-corrected chi connectivity index (χ0v) is 19.2. The molecule has 0 unspecified atom stereocenters. The predicted octanol–water partition coefficient (Wildman–Crippen LogP) is 3.27. The molecule has 0 aromatic carbocycles. The normalized spacial score (nSPS) is 33.5. The zero-order chi connectivity index (χ0) is 22.1. The first-order valence-electron chi connectivity index (χ1n) is 13.0. The first-order chi connectivity index (χ1) is 16.2. The van der Waals surface area contributed by atoms with Gasteiger partial charge in [0.1, 0.15) is 5.82 Å². The summed E-state index contributed by atoms with van der Waals surface area (Å²) >= 11 is 0. The van der Waals surface area contributed by atoms with Gasteiger partial charge in [0.15, 0.2) is 0 Å². The van der Waals surface area contributed by atoms with Crippen LogP contribution in [-0.2, 0) is 6.42 Å². The lowest BCUT2D eigenvalue weighted by molar-refractivity contribution is -0.0563. The summed E-state index contributed by atoms with van der Waals surface area (Å²) in [4.78, 5) is 20.6. The van der Waals surface area contributed by atoms with Gasteiger partial charge in [-0.2, -0.15) is 5.10 Å². The van der Waals surface area contributed by atoms with Crippen LogP contribution in [0.3, 0.4) is 0 Å². The molecule has 1 amide bonds. The highest BCUT2D eigenvalue weighted by Crippen LogP contribution is 2.55. The van der Waals surface area contributed by atoms with Gasteiger partial charge in [-0.3, -0.25) is 9.48 Å². The molecule has 174 valence electrons. The van der Waals surface area contributed by atoms with Crippen molar-refractivity contribution < 1.29 is 4.79 Å². The van der Waals surface area contributed by atoms with Crippen LogP contribution in [0.5, 0.6) is 0 Å². The molecule has 2 aromatic rings. The van der Waals surface area contributed by atoms with Gasteiger partial charge >= 0.3 is 0 Å². The third-order valence-electron chi connectivity index (χ3n) is 9.43. The third-order valence-corrected chi connectivity index (χ3v) is 9.43. The van der Waals surface area contributed by atoms with Crippen molar-refractivity contribution in [3.63, 3.8) is 0 Å². The molecule has 3 N–H and O–H groups in total. The van der Waals surface area contributed by atoms with Crippen molar-refractivity contribution in [3.8, 4) is 11.1 Å². The number of aromatic nitrogens is 3. The Morgan fingerprint density at radius 3 is 2.45 bits per heavy atom. The molecule has 6 aliphatic rings. The van der Waals surface area contributed by atoms with Crippen LogP contribution in [0, 0.1) is 23.7 Å². The summed E-state index contributed by atoms with van der Waals surface area (Å²) in [6.07, 6.45) is 15.7. The van der Waals surface area contributed by atoms with Gasteiger partial charge < -0.3 is 16.0 Å². The number of fused-ring (bicyclic) bond motifs is 1. The van der Waals surface area contributed by atoms with Crippen LogP contribution in [0.4, 0.5) is 5.82 Å². The number of nitrogens with two attached hydrogens (primary N) is 1. The van der Waals surface area contributed by atoms with E-state index in [1.807, 2.05) is 12.4 Å². The van der Waals surface area contributed by atoms with Crippen LogP contribution in [0.15, 0.2) is 18.6 Å². The fourth-order valence-corrected chi connectivity index (χ4v) is 8.23. The molecule has 4 aliphatic carbocycles. The lowest BCUT2D eigenvalue weighted by Gasteiger charge is -2.57. The maximum Gasteiger partial charge on any atom is 0.258 e. The van der Waals surface area contributed by atoms with Crippen molar-refractivity contribution in [1.29, 1.82) is 0 Å². The van der Waals surface area contributed by atoms with E-state index in [0.717, 1.165) is 67.4 Å². The largest absolute Gasteiger partial charge is 0.383 e. The molecule has 4 saturated carbocycles. The average molecular weight is 447 g/mol. The first kappa shape index (κ1) is 20.0. The minimum absolute atomic E-state index is 0.117. The van der Waals surface area contributed by atoms with Crippen molar-refractivity contribution in [2.75, 3.05) is 25.4 Å². The summed E-state index contributed by atoms with van der Waals surface area (Å²) in [5, 5.41) is 8.10. The number of pyridine rings is 1. The summed E-state index contributed by atoms with van der Waals surface area (Å²) < 4.78 is 2.10. The number of nitrogen functional groups attached to an aromatic ring is 1. The summed E-state index contributed by atoms with van der Waals surface area (Å²) in [6.45, 7) is 2.87. The molecule has 4 bridgehead atoms. The molecule has 7 nitrogen and oxygen atoms in total. The van der Waals surface area contributed by atoms with E-state index in [9.17, 15) is 4.79 Å². The number of amides is 1. The lowest BCUT2D eigenvalue weighted by Crippen LogP contribution is -2.59. The molecule has 33 heavy (non-hydrogen) atoms. The number of hydrogen-bond donors (Lipinski definition) is 2. The van der Waals surface area contributed by atoms with Crippen molar-refractivity contribution in [1.82, 2.24) is 25.0 Å². The number of rotatable bonds is 3. The van der Waals surface area contributed by atoms with Crippen molar-refractivity contribution in [3.05, 3.63) is 29.7 Å². The molecule has 7 heteroatoms. The number of carbonyl (C=O) groups excluding carboxylic acids is 1.